The molecule has 2 heterocycles. The topological polar surface area (TPSA) is 91.4 Å². The van der Waals surface area contributed by atoms with Gasteiger partial charge in [-0.05, 0) is 73.7 Å². The summed E-state index contributed by atoms with van der Waals surface area (Å²) in [6, 6.07) is 5.51. The number of hydrogen-bond acceptors (Lipinski definition) is 6. The zero-order chi connectivity index (χ0) is 29.0. The minimum atomic E-state index is -1.81. The molecule has 1 aliphatic carbocycles. The van der Waals surface area contributed by atoms with Crippen LogP contribution in [0.4, 0.5) is 4.39 Å². The maximum atomic E-state index is 13.8. The van der Waals surface area contributed by atoms with Crippen molar-refractivity contribution in [1.82, 2.24) is 20.5 Å². The Balaban J connectivity index is 0.000000218. The number of carbonyl (C=O) groups excluding carboxylic acids is 3. The van der Waals surface area contributed by atoms with E-state index in [1.165, 1.54) is 26.5 Å². The molecule has 4 rings (SSSR count). The Bertz CT molecular complexity index is 1170. The van der Waals surface area contributed by atoms with Crippen molar-refractivity contribution >= 4 is 29.4 Å². The molecule has 7 nitrogen and oxygen atoms in total. The van der Waals surface area contributed by atoms with E-state index in [1.807, 2.05) is 33.3 Å². The van der Waals surface area contributed by atoms with Crippen LogP contribution >= 0.6 is 11.3 Å². The van der Waals surface area contributed by atoms with Gasteiger partial charge >= 0.3 is 0 Å². The Labute approximate surface area is 236 Å². The van der Waals surface area contributed by atoms with E-state index in [9.17, 15) is 18.8 Å². The van der Waals surface area contributed by atoms with Gasteiger partial charge in [-0.2, -0.15) is 0 Å². The molecule has 0 spiro atoms. The number of alkyl halides is 1. The minimum absolute atomic E-state index is 0.213. The van der Waals surface area contributed by atoms with Gasteiger partial charge in [-0.1, -0.05) is 46.8 Å². The van der Waals surface area contributed by atoms with Crippen molar-refractivity contribution in [2.24, 2.45) is 5.41 Å². The van der Waals surface area contributed by atoms with Crippen molar-refractivity contribution in [3.05, 3.63) is 40.5 Å². The molecule has 214 valence electrons. The molecule has 2 amide bonds. The largest absolute Gasteiger partial charge is 0.341 e. The Morgan fingerprint density at radius 2 is 1.97 bits per heavy atom. The minimum Gasteiger partial charge on any atom is -0.341 e. The molecular weight excluding hydrogens is 515 g/mol. The van der Waals surface area contributed by atoms with Crippen LogP contribution in [0, 0.1) is 12.3 Å². The zero-order valence-electron chi connectivity index (χ0n) is 24.3. The molecule has 1 aromatic heterocycles. The molecule has 39 heavy (non-hydrogen) atoms. The summed E-state index contributed by atoms with van der Waals surface area (Å²) in [7, 11) is 1.99. The number of carbonyl (C=O) groups is 3. The summed E-state index contributed by atoms with van der Waals surface area (Å²) in [5.74, 6) is -0.464. The number of aromatic nitrogens is 1. The number of thiazole rings is 1. The molecule has 1 aromatic carbocycles. The van der Waals surface area contributed by atoms with Crippen molar-refractivity contribution < 1.29 is 18.8 Å². The van der Waals surface area contributed by atoms with Crippen LogP contribution in [-0.4, -0.2) is 59.3 Å². The first kappa shape index (κ1) is 30.9. The second-order valence-electron chi connectivity index (χ2n) is 12.0. The zero-order valence-corrected chi connectivity index (χ0v) is 25.1. The van der Waals surface area contributed by atoms with Crippen LogP contribution in [0.2, 0.25) is 0 Å². The van der Waals surface area contributed by atoms with Crippen molar-refractivity contribution in [3.8, 4) is 10.4 Å². The number of rotatable bonds is 8. The van der Waals surface area contributed by atoms with Crippen LogP contribution in [0.1, 0.15) is 83.0 Å². The van der Waals surface area contributed by atoms with Crippen LogP contribution in [0.5, 0.6) is 0 Å². The number of benzene rings is 1. The Morgan fingerprint density at radius 1 is 1.28 bits per heavy atom. The number of nitrogens with zero attached hydrogens (tertiary/aromatic N) is 2. The number of likely N-dealkylation sites (tertiary alicyclic amines) is 1. The molecule has 2 unspecified atom stereocenters. The highest BCUT2D eigenvalue weighted by Crippen LogP contribution is 2.40. The van der Waals surface area contributed by atoms with Gasteiger partial charge in [0.1, 0.15) is 12.3 Å². The Hall–Kier alpha value is -2.65. The molecule has 2 atom stereocenters. The third-order valence-electron chi connectivity index (χ3n) is 7.37. The van der Waals surface area contributed by atoms with E-state index in [-0.39, 0.29) is 18.7 Å². The lowest BCUT2D eigenvalue weighted by Gasteiger charge is -2.35. The summed E-state index contributed by atoms with van der Waals surface area (Å²) in [5.41, 5.74) is 4.79. The SMILES string of the molecule is CC(C)(C)C(NC(=O)C1(F)CC1)C(=O)N1CCCC1C=O.CNCc1ccc(-c2scnc2C)cc1C(C)C. The molecule has 1 saturated carbocycles. The first-order chi connectivity index (χ1) is 18.3. The third-order valence-corrected chi connectivity index (χ3v) is 8.34. The van der Waals surface area contributed by atoms with Gasteiger partial charge in [-0.25, -0.2) is 9.37 Å². The van der Waals surface area contributed by atoms with E-state index < -0.39 is 29.1 Å². The number of halogens is 1. The predicted octanol–water partition coefficient (Wildman–Crippen LogP) is 5.17. The van der Waals surface area contributed by atoms with E-state index in [2.05, 4.69) is 54.6 Å². The third kappa shape index (κ3) is 7.51. The number of amides is 2. The lowest BCUT2D eigenvalue weighted by Crippen LogP contribution is -2.57. The van der Waals surface area contributed by atoms with Gasteiger partial charge in [0.2, 0.25) is 5.91 Å². The second-order valence-corrected chi connectivity index (χ2v) is 12.8. The number of aldehydes is 1. The van der Waals surface area contributed by atoms with Gasteiger partial charge < -0.3 is 20.3 Å². The van der Waals surface area contributed by atoms with Crippen molar-refractivity contribution in [3.63, 3.8) is 0 Å². The molecule has 2 aliphatic rings. The lowest BCUT2D eigenvalue weighted by atomic mass is 9.85. The highest BCUT2D eigenvalue weighted by Gasteiger charge is 2.53. The smallest absolute Gasteiger partial charge is 0.258 e. The molecule has 0 radical (unpaired) electrons. The fraction of sp³-hybridized carbons (Fsp3) is 0.600. The van der Waals surface area contributed by atoms with Crippen molar-refractivity contribution in [2.45, 2.75) is 97.4 Å². The number of hydrogen-bond donors (Lipinski definition) is 2. The summed E-state index contributed by atoms with van der Waals surface area (Å²) in [6.07, 6.45) is 2.61. The standard InChI is InChI=1S/C15H23FN2O3.C15H20N2S/c1-14(2,3)11(17-13(21)15(16)6-7-15)12(20)18-8-4-5-10(18)9-19;1-10(2)14-7-12(5-6-13(14)8-16-4)15-11(3)17-9-18-15/h9-11H,4-8H2,1-3H3,(H,17,21);5-7,9-10,16H,8H2,1-4H3. The quantitative estimate of drug-likeness (QED) is 0.436. The van der Waals surface area contributed by atoms with Gasteiger partial charge in [0, 0.05) is 13.1 Å². The van der Waals surface area contributed by atoms with Crippen LogP contribution in [0.15, 0.2) is 23.7 Å². The molecule has 9 heteroatoms. The molecule has 1 aliphatic heterocycles. The predicted molar refractivity (Wildman–Crippen MR) is 154 cm³/mol. The molecule has 0 bridgehead atoms. The van der Waals surface area contributed by atoms with Crippen LogP contribution in [-0.2, 0) is 20.9 Å². The van der Waals surface area contributed by atoms with E-state index in [4.69, 9.17) is 0 Å². The fourth-order valence-electron chi connectivity index (χ4n) is 4.82. The average molecular weight is 559 g/mol. The highest BCUT2D eigenvalue weighted by molar-refractivity contribution is 7.13. The monoisotopic (exact) mass is 558 g/mol. The van der Waals surface area contributed by atoms with E-state index in [0.717, 1.165) is 24.9 Å². The molecule has 1 saturated heterocycles. The van der Waals surface area contributed by atoms with Crippen LogP contribution in [0.25, 0.3) is 10.4 Å². The fourth-order valence-corrected chi connectivity index (χ4v) is 5.63. The summed E-state index contributed by atoms with van der Waals surface area (Å²) < 4.78 is 13.8. The normalized spacial score (nSPS) is 18.8. The van der Waals surface area contributed by atoms with Crippen LogP contribution in [0.3, 0.4) is 0 Å². The summed E-state index contributed by atoms with van der Waals surface area (Å²) >= 11 is 1.72. The van der Waals surface area contributed by atoms with E-state index in [0.29, 0.717) is 18.9 Å². The average Bonchev–Trinajstić information content (AvgIpc) is 3.26. The first-order valence-electron chi connectivity index (χ1n) is 13.8. The lowest BCUT2D eigenvalue weighted by molar-refractivity contribution is -0.142. The van der Waals surface area contributed by atoms with Gasteiger partial charge in [0.05, 0.1) is 22.1 Å². The van der Waals surface area contributed by atoms with Crippen molar-refractivity contribution in [2.75, 3.05) is 13.6 Å². The second kappa shape index (κ2) is 12.7. The van der Waals surface area contributed by atoms with E-state index >= 15 is 0 Å². The molecular formula is C30H43FN4O3S. The molecule has 2 aromatic rings. The Morgan fingerprint density at radius 3 is 2.49 bits per heavy atom. The van der Waals surface area contributed by atoms with Crippen molar-refractivity contribution in [1.29, 1.82) is 0 Å². The maximum Gasteiger partial charge on any atom is 0.258 e. The molecule has 2 fully saturated rings. The summed E-state index contributed by atoms with van der Waals surface area (Å²) in [4.78, 5) is 42.8. The summed E-state index contributed by atoms with van der Waals surface area (Å²) in [6.45, 7) is 13.5. The number of aryl methyl sites for hydroxylation is 1. The molecule has 2 N–H and O–H groups in total. The van der Waals surface area contributed by atoms with E-state index in [1.54, 1.807) is 11.3 Å². The van der Waals surface area contributed by atoms with Gasteiger partial charge in [0.15, 0.2) is 5.67 Å². The first-order valence-corrected chi connectivity index (χ1v) is 14.6. The Kier molecular flexibility index (Phi) is 10.0. The maximum absolute atomic E-state index is 13.8. The van der Waals surface area contributed by atoms with Gasteiger partial charge in [-0.15, -0.1) is 11.3 Å². The highest BCUT2D eigenvalue weighted by atomic mass is 32.1. The number of nitrogens with one attached hydrogen (secondary N) is 2. The van der Waals surface area contributed by atoms with Gasteiger partial charge in [-0.3, -0.25) is 9.59 Å². The van der Waals surface area contributed by atoms with Gasteiger partial charge in [0.25, 0.3) is 5.91 Å². The van der Waals surface area contributed by atoms with Crippen LogP contribution < -0.4 is 10.6 Å². The summed E-state index contributed by atoms with van der Waals surface area (Å²) in [5, 5.41) is 5.79.